The average Bonchev–Trinajstić information content (AvgIpc) is 2.31. The van der Waals surface area contributed by atoms with Gasteiger partial charge in [-0.2, -0.15) is 0 Å². The fourth-order valence-corrected chi connectivity index (χ4v) is 1.55. The molecule has 0 aliphatic heterocycles. The van der Waals surface area contributed by atoms with Crippen molar-refractivity contribution >= 4 is 11.4 Å². The maximum absolute atomic E-state index is 11.8. The van der Waals surface area contributed by atoms with E-state index in [1.54, 1.807) is 12.1 Å². The first kappa shape index (κ1) is 11.8. The van der Waals surface area contributed by atoms with Crippen molar-refractivity contribution in [1.29, 1.82) is 0 Å². The van der Waals surface area contributed by atoms with Crippen LogP contribution in [0.4, 0.5) is 11.4 Å². The van der Waals surface area contributed by atoms with E-state index in [0.29, 0.717) is 11.4 Å². The SMILES string of the molecule is Nc1ccnc(Cn2cccc([N+](=O)[O-])c2=O)c1. The van der Waals surface area contributed by atoms with Gasteiger partial charge < -0.3 is 10.3 Å². The lowest BCUT2D eigenvalue weighted by Gasteiger charge is -2.05. The van der Waals surface area contributed by atoms with E-state index in [9.17, 15) is 14.9 Å². The molecule has 18 heavy (non-hydrogen) atoms. The molecule has 2 heterocycles. The quantitative estimate of drug-likeness (QED) is 0.636. The van der Waals surface area contributed by atoms with E-state index in [0.717, 1.165) is 0 Å². The normalized spacial score (nSPS) is 10.2. The molecule has 0 saturated heterocycles. The molecule has 92 valence electrons. The van der Waals surface area contributed by atoms with Gasteiger partial charge in [-0.15, -0.1) is 0 Å². The predicted molar refractivity (Wildman–Crippen MR) is 65.1 cm³/mol. The van der Waals surface area contributed by atoms with Crippen LogP contribution < -0.4 is 11.3 Å². The number of hydrogen-bond donors (Lipinski definition) is 1. The molecule has 2 N–H and O–H groups in total. The van der Waals surface area contributed by atoms with Crippen LogP contribution in [0.1, 0.15) is 5.69 Å². The van der Waals surface area contributed by atoms with Gasteiger partial charge in [0.1, 0.15) is 0 Å². The second-order valence-electron chi connectivity index (χ2n) is 3.66. The van der Waals surface area contributed by atoms with Crippen molar-refractivity contribution in [3.63, 3.8) is 0 Å². The monoisotopic (exact) mass is 246 g/mol. The topological polar surface area (TPSA) is 104 Å². The van der Waals surface area contributed by atoms with Gasteiger partial charge in [0.05, 0.1) is 17.2 Å². The Morgan fingerprint density at radius 3 is 2.89 bits per heavy atom. The highest BCUT2D eigenvalue weighted by Crippen LogP contribution is 2.06. The third kappa shape index (κ3) is 2.34. The number of rotatable bonds is 3. The molecule has 0 spiro atoms. The van der Waals surface area contributed by atoms with Gasteiger partial charge in [0.15, 0.2) is 0 Å². The highest BCUT2D eigenvalue weighted by atomic mass is 16.6. The Hall–Kier alpha value is -2.70. The molecule has 0 atom stereocenters. The Kier molecular flexibility index (Phi) is 3.05. The number of nitrogens with two attached hydrogens (primary N) is 1. The van der Waals surface area contributed by atoms with E-state index >= 15 is 0 Å². The summed E-state index contributed by atoms with van der Waals surface area (Å²) >= 11 is 0. The van der Waals surface area contributed by atoms with Crippen molar-refractivity contribution in [2.24, 2.45) is 0 Å². The van der Waals surface area contributed by atoms with Crippen molar-refractivity contribution in [2.45, 2.75) is 6.54 Å². The molecule has 2 aromatic heterocycles. The van der Waals surface area contributed by atoms with Crippen LogP contribution in [0.15, 0.2) is 41.5 Å². The molecule has 0 aliphatic rings. The minimum atomic E-state index is -0.703. The smallest absolute Gasteiger partial charge is 0.334 e. The zero-order valence-corrected chi connectivity index (χ0v) is 9.31. The van der Waals surface area contributed by atoms with Gasteiger partial charge in [0.25, 0.3) is 0 Å². The summed E-state index contributed by atoms with van der Waals surface area (Å²) in [6, 6.07) is 5.86. The zero-order valence-electron chi connectivity index (χ0n) is 9.31. The van der Waals surface area contributed by atoms with Crippen LogP contribution in [0.25, 0.3) is 0 Å². The van der Waals surface area contributed by atoms with Crippen molar-refractivity contribution in [3.8, 4) is 0 Å². The van der Waals surface area contributed by atoms with E-state index in [1.165, 1.54) is 29.1 Å². The van der Waals surface area contributed by atoms with Gasteiger partial charge in [-0.1, -0.05) is 0 Å². The van der Waals surface area contributed by atoms with Crippen LogP contribution in [0.3, 0.4) is 0 Å². The minimum absolute atomic E-state index is 0.144. The lowest BCUT2D eigenvalue weighted by Crippen LogP contribution is -2.22. The van der Waals surface area contributed by atoms with Crippen molar-refractivity contribution in [1.82, 2.24) is 9.55 Å². The number of anilines is 1. The van der Waals surface area contributed by atoms with Crippen LogP contribution in [-0.2, 0) is 6.54 Å². The number of nitrogen functional groups attached to an aromatic ring is 1. The van der Waals surface area contributed by atoms with Gasteiger partial charge in [-0.05, 0) is 18.2 Å². The first-order chi connectivity index (χ1) is 8.58. The summed E-state index contributed by atoms with van der Waals surface area (Å²) in [7, 11) is 0. The molecule has 0 radical (unpaired) electrons. The summed E-state index contributed by atoms with van der Waals surface area (Å²) in [5.41, 5.74) is 5.57. The van der Waals surface area contributed by atoms with Gasteiger partial charge in [0, 0.05) is 24.1 Å². The van der Waals surface area contributed by atoms with Crippen LogP contribution in [0.5, 0.6) is 0 Å². The molecule has 0 bridgehead atoms. The second-order valence-corrected chi connectivity index (χ2v) is 3.66. The predicted octanol–water partition coefficient (Wildman–Crippen LogP) is 0.782. The number of pyridine rings is 2. The third-order valence-electron chi connectivity index (χ3n) is 2.37. The molecule has 2 aromatic rings. The number of aromatic nitrogens is 2. The van der Waals surface area contributed by atoms with Crippen molar-refractivity contribution in [2.75, 3.05) is 5.73 Å². The minimum Gasteiger partial charge on any atom is -0.399 e. The van der Waals surface area contributed by atoms with E-state index in [4.69, 9.17) is 5.73 Å². The fraction of sp³-hybridized carbons (Fsp3) is 0.0909. The van der Waals surface area contributed by atoms with Gasteiger partial charge in [0.2, 0.25) is 0 Å². The Balaban J connectivity index is 2.38. The second kappa shape index (κ2) is 4.66. The molecule has 0 fully saturated rings. The Bertz CT molecular complexity index is 651. The third-order valence-corrected chi connectivity index (χ3v) is 2.37. The number of nitrogens with zero attached hydrogens (tertiary/aromatic N) is 3. The molecule has 0 aromatic carbocycles. The molecule has 0 saturated carbocycles. The van der Waals surface area contributed by atoms with Gasteiger partial charge in [-0.3, -0.25) is 19.9 Å². The molecular formula is C11H10N4O3. The zero-order chi connectivity index (χ0) is 13.1. The molecule has 2 rings (SSSR count). The molecular weight excluding hydrogens is 236 g/mol. The lowest BCUT2D eigenvalue weighted by molar-refractivity contribution is -0.386. The van der Waals surface area contributed by atoms with Crippen molar-refractivity contribution in [3.05, 3.63) is 62.8 Å². The number of hydrogen-bond acceptors (Lipinski definition) is 5. The summed E-state index contributed by atoms with van der Waals surface area (Å²) in [6.07, 6.45) is 2.99. The molecule has 0 amide bonds. The fourth-order valence-electron chi connectivity index (χ4n) is 1.55. The molecule has 0 aliphatic carbocycles. The van der Waals surface area contributed by atoms with Gasteiger partial charge in [-0.25, -0.2) is 0 Å². The van der Waals surface area contributed by atoms with E-state index < -0.39 is 16.2 Å². The standard InChI is InChI=1S/C11H10N4O3/c12-8-3-4-13-9(6-8)7-14-5-1-2-10(11(14)16)15(17)18/h1-6H,7H2,(H2,12,13). The van der Waals surface area contributed by atoms with Crippen LogP contribution in [-0.4, -0.2) is 14.5 Å². The summed E-state index contributed by atoms with van der Waals surface area (Å²) in [5, 5.41) is 10.6. The van der Waals surface area contributed by atoms with E-state index in [2.05, 4.69) is 4.98 Å². The Labute approximate surface area is 102 Å². The summed E-state index contributed by atoms with van der Waals surface area (Å²) in [6.45, 7) is 0.144. The maximum atomic E-state index is 11.8. The highest BCUT2D eigenvalue weighted by Gasteiger charge is 2.13. The largest absolute Gasteiger partial charge is 0.399 e. The Morgan fingerprint density at radius 1 is 1.44 bits per heavy atom. The summed E-state index contributed by atoms with van der Waals surface area (Å²) in [4.78, 5) is 25.7. The molecule has 7 nitrogen and oxygen atoms in total. The van der Waals surface area contributed by atoms with Crippen LogP contribution in [0, 0.1) is 10.1 Å². The van der Waals surface area contributed by atoms with Gasteiger partial charge >= 0.3 is 11.2 Å². The van der Waals surface area contributed by atoms with E-state index in [1.807, 2.05) is 0 Å². The van der Waals surface area contributed by atoms with Crippen LogP contribution >= 0.6 is 0 Å². The van der Waals surface area contributed by atoms with Crippen LogP contribution in [0.2, 0.25) is 0 Å². The molecule has 0 unspecified atom stereocenters. The summed E-state index contributed by atoms with van der Waals surface area (Å²) < 4.78 is 1.22. The molecule has 7 heteroatoms. The summed E-state index contributed by atoms with van der Waals surface area (Å²) in [5.74, 6) is 0. The van der Waals surface area contributed by atoms with Crippen molar-refractivity contribution < 1.29 is 4.92 Å². The lowest BCUT2D eigenvalue weighted by atomic mass is 10.3. The first-order valence-corrected chi connectivity index (χ1v) is 5.12. The Morgan fingerprint density at radius 2 is 2.22 bits per heavy atom. The highest BCUT2D eigenvalue weighted by molar-refractivity contribution is 5.37. The first-order valence-electron chi connectivity index (χ1n) is 5.12. The van der Waals surface area contributed by atoms with E-state index in [-0.39, 0.29) is 6.54 Å². The number of nitro groups is 1. The maximum Gasteiger partial charge on any atom is 0.334 e. The average molecular weight is 246 g/mol.